The zero-order valence-corrected chi connectivity index (χ0v) is 15.9. The van der Waals surface area contributed by atoms with Crippen molar-refractivity contribution in [3.63, 3.8) is 0 Å². The smallest absolute Gasteiger partial charge is 0.318 e. The van der Waals surface area contributed by atoms with Crippen molar-refractivity contribution in [2.45, 2.75) is 32.0 Å². The molecule has 28 heavy (non-hydrogen) atoms. The Kier molecular flexibility index (Phi) is 6.81. The molecule has 3 rings (SSSR count). The molecule has 0 saturated carbocycles. The van der Waals surface area contributed by atoms with E-state index in [1.54, 1.807) is 12.0 Å². The highest BCUT2D eigenvalue weighted by Crippen LogP contribution is 2.17. The van der Waals surface area contributed by atoms with E-state index in [-0.39, 0.29) is 24.2 Å². The SMILES string of the molecule is COc1ccc(CN(Cc2ccc(F)cc2F)C(=O)NC2CCNCC2)cc1. The lowest BCUT2D eigenvalue weighted by Gasteiger charge is -2.29. The van der Waals surface area contributed by atoms with Crippen LogP contribution >= 0.6 is 0 Å². The summed E-state index contributed by atoms with van der Waals surface area (Å²) in [5, 5.41) is 6.30. The lowest BCUT2D eigenvalue weighted by atomic mass is 10.1. The lowest BCUT2D eigenvalue weighted by molar-refractivity contribution is 0.184. The highest BCUT2D eigenvalue weighted by molar-refractivity contribution is 5.74. The maximum Gasteiger partial charge on any atom is 0.318 e. The molecule has 2 amide bonds. The summed E-state index contributed by atoms with van der Waals surface area (Å²) in [7, 11) is 1.59. The van der Waals surface area contributed by atoms with Crippen LogP contribution in [-0.4, -0.2) is 37.2 Å². The Balaban J connectivity index is 1.76. The van der Waals surface area contributed by atoms with Crippen molar-refractivity contribution in [3.8, 4) is 5.75 Å². The molecule has 2 N–H and O–H groups in total. The molecule has 7 heteroatoms. The number of halogens is 2. The maximum absolute atomic E-state index is 14.1. The number of ether oxygens (including phenoxy) is 1. The minimum Gasteiger partial charge on any atom is -0.497 e. The van der Waals surface area contributed by atoms with Crippen LogP contribution in [0.25, 0.3) is 0 Å². The molecule has 1 saturated heterocycles. The van der Waals surface area contributed by atoms with Gasteiger partial charge in [-0.25, -0.2) is 13.6 Å². The van der Waals surface area contributed by atoms with E-state index in [9.17, 15) is 13.6 Å². The highest BCUT2D eigenvalue weighted by Gasteiger charge is 2.21. The van der Waals surface area contributed by atoms with E-state index in [4.69, 9.17) is 4.74 Å². The van der Waals surface area contributed by atoms with Gasteiger partial charge < -0.3 is 20.3 Å². The summed E-state index contributed by atoms with van der Waals surface area (Å²) >= 11 is 0. The van der Waals surface area contributed by atoms with Crippen LogP contribution in [-0.2, 0) is 13.1 Å². The number of benzene rings is 2. The van der Waals surface area contributed by atoms with Gasteiger partial charge in [0.15, 0.2) is 0 Å². The van der Waals surface area contributed by atoms with Gasteiger partial charge in [0.25, 0.3) is 0 Å². The number of amides is 2. The Morgan fingerprint density at radius 3 is 2.50 bits per heavy atom. The van der Waals surface area contributed by atoms with Crippen LogP contribution < -0.4 is 15.4 Å². The molecule has 5 nitrogen and oxygen atoms in total. The fourth-order valence-corrected chi connectivity index (χ4v) is 3.24. The first kappa shape index (κ1) is 20.1. The molecule has 0 atom stereocenters. The summed E-state index contributed by atoms with van der Waals surface area (Å²) in [5.41, 5.74) is 1.17. The van der Waals surface area contributed by atoms with E-state index in [1.807, 2.05) is 24.3 Å². The second-order valence-corrected chi connectivity index (χ2v) is 6.91. The summed E-state index contributed by atoms with van der Waals surface area (Å²) in [4.78, 5) is 14.4. The summed E-state index contributed by atoms with van der Waals surface area (Å²) in [5.74, 6) is -0.574. The predicted octanol–water partition coefficient (Wildman–Crippen LogP) is 3.44. The number of carbonyl (C=O) groups excluding carboxylic acids is 1. The van der Waals surface area contributed by atoms with Gasteiger partial charge in [0.1, 0.15) is 17.4 Å². The number of nitrogens with zero attached hydrogens (tertiary/aromatic N) is 1. The van der Waals surface area contributed by atoms with Crippen molar-refractivity contribution < 1.29 is 18.3 Å². The minimum absolute atomic E-state index is 0.0505. The Labute approximate surface area is 163 Å². The van der Waals surface area contributed by atoms with Gasteiger partial charge in [-0.3, -0.25) is 0 Å². The summed E-state index contributed by atoms with van der Waals surface area (Å²) in [6.45, 7) is 2.07. The summed E-state index contributed by atoms with van der Waals surface area (Å²) < 4.78 is 32.5. The van der Waals surface area contributed by atoms with Crippen molar-refractivity contribution in [2.24, 2.45) is 0 Å². The van der Waals surface area contributed by atoms with Gasteiger partial charge in [0, 0.05) is 24.2 Å². The zero-order chi connectivity index (χ0) is 19.9. The fourth-order valence-electron chi connectivity index (χ4n) is 3.24. The van der Waals surface area contributed by atoms with E-state index < -0.39 is 11.6 Å². The van der Waals surface area contributed by atoms with Crippen molar-refractivity contribution in [1.29, 1.82) is 0 Å². The second kappa shape index (κ2) is 9.50. The monoisotopic (exact) mass is 389 g/mol. The van der Waals surface area contributed by atoms with Gasteiger partial charge >= 0.3 is 6.03 Å². The molecule has 1 heterocycles. The first-order chi connectivity index (χ1) is 13.5. The van der Waals surface area contributed by atoms with Crippen molar-refractivity contribution in [1.82, 2.24) is 15.5 Å². The van der Waals surface area contributed by atoms with Crippen LogP contribution in [0, 0.1) is 11.6 Å². The molecule has 2 aromatic carbocycles. The van der Waals surface area contributed by atoms with Crippen molar-refractivity contribution >= 4 is 6.03 Å². The number of carbonyl (C=O) groups is 1. The molecule has 0 spiro atoms. The van der Waals surface area contributed by atoms with E-state index >= 15 is 0 Å². The first-order valence-electron chi connectivity index (χ1n) is 9.38. The quantitative estimate of drug-likeness (QED) is 0.796. The third kappa shape index (κ3) is 5.42. The number of hydrogen-bond acceptors (Lipinski definition) is 3. The van der Waals surface area contributed by atoms with Gasteiger partial charge in [-0.05, 0) is 49.7 Å². The summed E-state index contributed by atoms with van der Waals surface area (Å²) in [6.07, 6.45) is 1.71. The topological polar surface area (TPSA) is 53.6 Å². The number of rotatable bonds is 6. The van der Waals surface area contributed by atoms with E-state index in [0.717, 1.165) is 43.3 Å². The van der Waals surface area contributed by atoms with Crippen LogP contribution in [0.1, 0.15) is 24.0 Å². The normalized spacial score (nSPS) is 14.5. The van der Waals surface area contributed by atoms with Gasteiger partial charge in [-0.1, -0.05) is 18.2 Å². The van der Waals surface area contributed by atoms with Gasteiger partial charge in [0.05, 0.1) is 13.7 Å². The molecule has 0 aliphatic carbocycles. The minimum atomic E-state index is -0.658. The molecule has 0 aromatic heterocycles. The van der Waals surface area contributed by atoms with E-state index in [1.165, 1.54) is 12.1 Å². The van der Waals surface area contributed by atoms with Crippen molar-refractivity contribution in [3.05, 3.63) is 65.2 Å². The summed E-state index contributed by atoms with van der Waals surface area (Å²) in [6, 6.07) is 10.6. The zero-order valence-electron chi connectivity index (χ0n) is 15.9. The number of piperidine rings is 1. The molecule has 1 fully saturated rings. The maximum atomic E-state index is 14.1. The molecule has 0 bridgehead atoms. The molecular weight excluding hydrogens is 364 g/mol. The highest BCUT2D eigenvalue weighted by atomic mass is 19.1. The van der Waals surface area contributed by atoms with Crippen LogP contribution in [0.5, 0.6) is 5.75 Å². The molecular formula is C21H25F2N3O2. The molecule has 1 aliphatic rings. The average Bonchev–Trinajstić information content (AvgIpc) is 2.70. The third-order valence-corrected chi connectivity index (χ3v) is 4.86. The van der Waals surface area contributed by atoms with Gasteiger partial charge in [-0.2, -0.15) is 0 Å². The Hall–Kier alpha value is -2.67. The molecule has 150 valence electrons. The van der Waals surface area contributed by atoms with Crippen LogP contribution in [0.4, 0.5) is 13.6 Å². The Morgan fingerprint density at radius 1 is 1.14 bits per heavy atom. The van der Waals surface area contributed by atoms with E-state index in [2.05, 4.69) is 10.6 Å². The lowest BCUT2D eigenvalue weighted by Crippen LogP contribution is -2.48. The number of hydrogen-bond donors (Lipinski definition) is 2. The van der Waals surface area contributed by atoms with E-state index in [0.29, 0.717) is 6.54 Å². The standard InChI is InChI=1S/C21H25F2N3O2/c1-28-19-6-2-15(3-7-19)13-26(14-16-4-5-17(22)12-20(16)23)21(27)25-18-8-10-24-11-9-18/h2-7,12,18,24H,8-11,13-14H2,1H3,(H,25,27). The van der Waals surface area contributed by atoms with Crippen LogP contribution in [0.3, 0.4) is 0 Å². The second-order valence-electron chi connectivity index (χ2n) is 6.91. The fraction of sp³-hybridized carbons (Fsp3) is 0.381. The number of urea groups is 1. The van der Waals surface area contributed by atoms with Gasteiger partial charge in [-0.15, -0.1) is 0 Å². The largest absolute Gasteiger partial charge is 0.497 e. The Morgan fingerprint density at radius 2 is 1.86 bits per heavy atom. The van der Waals surface area contributed by atoms with Crippen LogP contribution in [0.15, 0.2) is 42.5 Å². The number of nitrogens with one attached hydrogen (secondary N) is 2. The predicted molar refractivity (Wildman–Crippen MR) is 103 cm³/mol. The number of methoxy groups -OCH3 is 1. The average molecular weight is 389 g/mol. The molecule has 0 radical (unpaired) electrons. The van der Waals surface area contributed by atoms with Crippen molar-refractivity contribution in [2.75, 3.05) is 20.2 Å². The third-order valence-electron chi connectivity index (χ3n) is 4.86. The van der Waals surface area contributed by atoms with Crippen LogP contribution in [0.2, 0.25) is 0 Å². The van der Waals surface area contributed by atoms with Gasteiger partial charge in [0.2, 0.25) is 0 Å². The molecule has 1 aliphatic heterocycles. The molecule has 2 aromatic rings. The first-order valence-corrected chi connectivity index (χ1v) is 9.38. The Bertz CT molecular complexity index is 793. The molecule has 0 unspecified atom stereocenters.